The Hall–Kier alpha value is -1.99. The van der Waals surface area contributed by atoms with Crippen molar-refractivity contribution in [2.75, 3.05) is 13.6 Å². The Morgan fingerprint density at radius 3 is 2.81 bits per heavy atom. The summed E-state index contributed by atoms with van der Waals surface area (Å²) in [5.74, 6) is -0.163. The van der Waals surface area contributed by atoms with Gasteiger partial charge in [0.15, 0.2) is 0 Å². The Morgan fingerprint density at radius 2 is 2.19 bits per heavy atom. The number of nitrogens with two attached hydrogens (primary N) is 1. The number of nitro benzene ring substituents is 1. The molecule has 0 radical (unpaired) electrons. The van der Waals surface area contributed by atoms with Crippen molar-refractivity contribution in [1.29, 1.82) is 0 Å². The van der Waals surface area contributed by atoms with Gasteiger partial charge in [0.05, 0.1) is 17.6 Å². The molecule has 1 aromatic carbocycles. The number of nitrogens with zero attached hydrogens (tertiary/aromatic N) is 2. The van der Waals surface area contributed by atoms with Crippen molar-refractivity contribution in [1.82, 2.24) is 4.90 Å². The van der Waals surface area contributed by atoms with E-state index in [0.717, 1.165) is 6.42 Å². The predicted molar refractivity (Wildman–Crippen MR) is 76.5 cm³/mol. The monoisotopic (exact) mass is 293 g/mol. The molecule has 114 valence electrons. The van der Waals surface area contributed by atoms with Crippen LogP contribution < -0.4 is 5.73 Å². The Morgan fingerprint density at radius 1 is 1.48 bits per heavy atom. The van der Waals surface area contributed by atoms with Gasteiger partial charge >= 0.3 is 0 Å². The van der Waals surface area contributed by atoms with E-state index in [4.69, 9.17) is 10.5 Å². The quantitative estimate of drug-likeness (QED) is 0.646. The van der Waals surface area contributed by atoms with Crippen LogP contribution in [0.3, 0.4) is 0 Å². The van der Waals surface area contributed by atoms with Crippen LogP contribution >= 0.6 is 0 Å². The molecule has 2 unspecified atom stereocenters. The molecule has 1 aromatic rings. The number of likely N-dealkylation sites (N-methyl/N-ethyl adjacent to an activating group) is 1. The summed E-state index contributed by atoms with van der Waals surface area (Å²) < 4.78 is 5.56. The fourth-order valence-electron chi connectivity index (χ4n) is 2.46. The Balaban J connectivity index is 2.03. The number of para-hydroxylation sites is 1. The first-order valence-electron chi connectivity index (χ1n) is 6.85. The topological polar surface area (TPSA) is 98.7 Å². The zero-order chi connectivity index (χ0) is 15.4. The molecule has 0 spiro atoms. The minimum absolute atomic E-state index is 0.0179. The molecule has 21 heavy (non-hydrogen) atoms. The van der Waals surface area contributed by atoms with Gasteiger partial charge in [0.2, 0.25) is 0 Å². The number of amides is 1. The smallest absolute Gasteiger partial charge is 0.274 e. The average molecular weight is 293 g/mol. The van der Waals surface area contributed by atoms with E-state index in [1.54, 1.807) is 25.2 Å². The minimum Gasteiger partial charge on any atom is -0.364 e. The van der Waals surface area contributed by atoms with E-state index in [-0.39, 0.29) is 24.2 Å². The van der Waals surface area contributed by atoms with Crippen LogP contribution in [0.1, 0.15) is 18.4 Å². The lowest BCUT2D eigenvalue weighted by molar-refractivity contribution is -0.385. The number of ether oxygens (including phenoxy) is 1. The molecule has 1 saturated heterocycles. The van der Waals surface area contributed by atoms with Gasteiger partial charge in [0, 0.05) is 25.2 Å². The van der Waals surface area contributed by atoms with E-state index < -0.39 is 11.0 Å². The van der Waals surface area contributed by atoms with Gasteiger partial charge in [-0.15, -0.1) is 0 Å². The van der Waals surface area contributed by atoms with E-state index in [1.807, 2.05) is 0 Å². The van der Waals surface area contributed by atoms with Gasteiger partial charge in [-0.05, 0) is 12.8 Å². The average Bonchev–Trinajstić information content (AvgIpc) is 2.95. The number of hydrogen-bond donors (Lipinski definition) is 1. The largest absolute Gasteiger partial charge is 0.364 e. The molecule has 1 heterocycles. The maximum atomic E-state index is 12.3. The zero-order valence-electron chi connectivity index (χ0n) is 11.9. The van der Waals surface area contributed by atoms with Crippen molar-refractivity contribution < 1.29 is 14.5 Å². The van der Waals surface area contributed by atoms with Gasteiger partial charge in [-0.25, -0.2) is 0 Å². The standard InChI is InChI=1S/C14H19N3O4/c1-16(14(18)13-7-6-11(8-15)21-13)9-10-4-2-3-5-12(10)17(19)20/h2-5,11,13H,6-9,15H2,1H3. The number of rotatable bonds is 5. The molecule has 2 N–H and O–H groups in total. The number of hydrogen-bond acceptors (Lipinski definition) is 5. The lowest BCUT2D eigenvalue weighted by atomic mass is 10.1. The first-order valence-corrected chi connectivity index (χ1v) is 6.85. The molecule has 0 aliphatic carbocycles. The van der Waals surface area contributed by atoms with Gasteiger partial charge in [0.25, 0.3) is 11.6 Å². The molecule has 0 bridgehead atoms. The maximum absolute atomic E-state index is 12.3. The maximum Gasteiger partial charge on any atom is 0.274 e. The Labute approximate surface area is 122 Å². The highest BCUT2D eigenvalue weighted by Crippen LogP contribution is 2.23. The number of benzene rings is 1. The van der Waals surface area contributed by atoms with Gasteiger partial charge in [0.1, 0.15) is 6.10 Å². The first-order chi connectivity index (χ1) is 10.0. The van der Waals surface area contributed by atoms with Gasteiger partial charge in [-0.3, -0.25) is 14.9 Å². The molecular formula is C14H19N3O4. The van der Waals surface area contributed by atoms with Crippen LogP contribution in [0, 0.1) is 10.1 Å². The van der Waals surface area contributed by atoms with E-state index in [9.17, 15) is 14.9 Å². The summed E-state index contributed by atoms with van der Waals surface area (Å²) in [5, 5.41) is 11.0. The Bertz CT molecular complexity index is 535. The Kier molecular flexibility index (Phi) is 4.87. The van der Waals surface area contributed by atoms with E-state index in [2.05, 4.69) is 0 Å². The van der Waals surface area contributed by atoms with Gasteiger partial charge in [-0.1, -0.05) is 18.2 Å². The van der Waals surface area contributed by atoms with E-state index in [0.29, 0.717) is 18.5 Å². The first kappa shape index (κ1) is 15.4. The summed E-state index contributed by atoms with van der Waals surface area (Å²) in [6.07, 6.45) is 0.846. The van der Waals surface area contributed by atoms with Crippen LogP contribution in [0.25, 0.3) is 0 Å². The SMILES string of the molecule is CN(Cc1ccccc1[N+](=O)[O-])C(=O)C1CCC(CN)O1. The van der Waals surface area contributed by atoms with Crippen molar-refractivity contribution in [3.05, 3.63) is 39.9 Å². The number of nitro groups is 1. The van der Waals surface area contributed by atoms with Crippen molar-refractivity contribution in [3.63, 3.8) is 0 Å². The van der Waals surface area contributed by atoms with Crippen molar-refractivity contribution in [3.8, 4) is 0 Å². The third-order valence-electron chi connectivity index (χ3n) is 3.62. The van der Waals surface area contributed by atoms with Crippen molar-refractivity contribution in [2.45, 2.75) is 31.6 Å². The van der Waals surface area contributed by atoms with Crippen LogP contribution in [0.5, 0.6) is 0 Å². The predicted octanol–water partition coefficient (Wildman–Crippen LogP) is 1.06. The van der Waals surface area contributed by atoms with Gasteiger partial charge in [-0.2, -0.15) is 0 Å². The molecule has 2 rings (SSSR count). The highest BCUT2D eigenvalue weighted by Gasteiger charge is 2.32. The fourth-order valence-corrected chi connectivity index (χ4v) is 2.46. The second-order valence-corrected chi connectivity index (χ2v) is 5.14. The highest BCUT2D eigenvalue weighted by molar-refractivity contribution is 5.81. The summed E-state index contributed by atoms with van der Waals surface area (Å²) in [6.45, 7) is 0.584. The molecule has 0 saturated carbocycles. The molecule has 0 aromatic heterocycles. The molecule has 1 aliphatic heterocycles. The molecule has 1 aliphatic rings. The fraction of sp³-hybridized carbons (Fsp3) is 0.500. The number of carbonyl (C=O) groups is 1. The molecule has 1 amide bonds. The minimum atomic E-state index is -0.494. The normalized spacial score (nSPS) is 21.2. The van der Waals surface area contributed by atoms with E-state index in [1.165, 1.54) is 11.0 Å². The third kappa shape index (κ3) is 3.56. The molecule has 1 fully saturated rings. The van der Waals surface area contributed by atoms with E-state index >= 15 is 0 Å². The summed E-state index contributed by atoms with van der Waals surface area (Å²) >= 11 is 0. The summed E-state index contributed by atoms with van der Waals surface area (Å²) in [6, 6.07) is 6.41. The van der Waals surface area contributed by atoms with Crippen LogP contribution in [-0.2, 0) is 16.1 Å². The van der Waals surface area contributed by atoms with Gasteiger partial charge < -0.3 is 15.4 Å². The van der Waals surface area contributed by atoms with Crippen LogP contribution in [0.2, 0.25) is 0 Å². The lowest BCUT2D eigenvalue weighted by Gasteiger charge is -2.21. The zero-order valence-corrected chi connectivity index (χ0v) is 11.9. The second kappa shape index (κ2) is 6.64. The second-order valence-electron chi connectivity index (χ2n) is 5.14. The number of carbonyl (C=O) groups excluding carboxylic acids is 1. The molecule has 2 atom stereocenters. The van der Waals surface area contributed by atoms with Crippen LogP contribution in [-0.4, -0.2) is 41.5 Å². The molecule has 7 heteroatoms. The lowest BCUT2D eigenvalue weighted by Crippen LogP contribution is -2.36. The highest BCUT2D eigenvalue weighted by atomic mass is 16.6. The van der Waals surface area contributed by atoms with Crippen LogP contribution in [0.15, 0.2) is 24.3 Å². The summed E-state index contributed by atoms with van der Waals surface area (Å²) in [5.41, 5.74) is 6.05. The summed E-state index contributed by atoms with van der Waals surface area (Å²) in [7, 11) is 1.62. The van der Waals surface area contributed by atoms with Crippen LogP contribution in [0.4, 0.5) is 5.69 Å². The van der Waals surface area contributed by atoms with Crippen molar-refractivity contribution >= 4 is 11.6 Å². The van der Waals surface area contributed by atoms with Crippen molar-refractivity contribution in [2.24, 2.45) is 5.73 Å². The molecular weight excluding hydrogens is 274 g/mol. The third-order valence-corrected chi connectivity index (χ3v) is 3.62. The molecule has 7 nitrogen and oxygen atoms in total. The summed E-state index contributed by atoms with van der Waals surface area (Å²) in [4.78, 5) is 24.3.